The first-order valence-corrected chi connectivity index (χ1v) is 5.18. The summed E-state index contributed by atoms with van der Waals surface area (Å²) in [6.45, 7) is 0. The van der Waals surface area contributed by atoms with E-state index in [0.29, 0.717) is 11.1 Å². The molecule has 2 aromatic rings. The topological polar surface area (TPSA) is 59.4 Å². The number of benzene rings is 1. The van der Waals surface area contributed by atoms with Crippen LogP contribution in [0.15, 0.2) is 48.7 Å². The van der Waals surface area contributed by atoms with Gasteiger partial charge in [-0.05, 0) is 12.1 Å². The lowest BCUT2D eigenvalue weighted by Gasteiger charge is -2.21. The summed E-state index contributed by atoms with van der Waals surface area (Å²) in [5.74, 6) is -2.32. The molecule has 4 heteroatoms. The predicted octanol–water partition coefficient (Wildman–Crippen LogP) is 1.45. The van der Waals surface area contributed by atoms with Crippen LogP contribution in [0.2, 0.25) is 0 Å². The first-order chi connectivity index (χ1) is 8.22. The molecule has 1 aliphatic heterocycles. The van der Waals surface area contributed by atoms with E-state index in [2.05, 4.69) is 4.98 Å². The molecule has 0 radical (unpaired) electrons. The third-order valence-electron chi connectivity index (χ3n) is 2.75. The van der Waals surface area contributed by atoms with Gasteiger partial charge >= 0.3 is 5.97 Å². The average molecular weight is 227 g/mol. The Kier molecular flexibility index (Phi) is 2.00. The maximum atomic E-state index is 11.6. The summed E-state index contributed by atoms with van der Waals surface area (Å²) in [6, 6.07) is 12.0. The Morgan fingerprint density at radius 2 is 1.88 bits per heavy atom. The van der Waals surface area contributed by atoms with Crippen molar-refractivity contribution in [2.75, 3.05) is 0 Å². The van der Waals surface area contributed by atoms with Crippen LogP contribution in [0.1, 0.15) is 21.6 Å². The van der Waals surface area contributed by atoms with Crippen molar-refractivity contribution in [1.82, 2.24) is 4.98 Å². The summed E-state index contributed by atoms with van der Waals surface area (Å²) in [5.41, 5.74) is 1.04. The number of aliphatic hydroxyl groups is 1. The molecule has 84 valence electrons. The monoisotopic (exact) mass is 227 g/mol. The number of fused-ring (bicyclic) bond motifs is 1. The molecule has 0 aliphatic carbocycles. The van der Waals surface area contributed by atoms with E-state index in [1.54, 1.807) is 36.4 Å². The van der Waals surface area contributed by atoms with E-state index in [1.165, 1.54) is 6.20 Å². The Labute approximate surface area is 97.5 Å². The van der Waals surface area contributed by atoms with Crippen molar-refractivity contribution in [2.45, 2.75) is 5.79 Å². The highest BCUT2D eigenvalue weighted by Crippen LogP contribution is 2.37. The number of ether oxygens (including phenoxy) is 1. The van der Waals surface area contributed by atoms with Gasteiger partial charge in [-0.3, -0.25) is 4.98 Å². The molecule has 0 spiro atoms. The summed E-state index contributed by atoms with van der Waals surface area (Å²) >= 11 is 0. The number of carbonyl (C=O) groups is 1. The number of nitrogens with zero attached hydrogens (tertiary/aromatic N) is 1. The normalized spacial score (nSPS) is 22.1. The van der Waals surface area contributed by atoms with Crippen LogP contribution in [0.4, 0.5) is 0 Å². The van der Waals surface area contributed by atoms with E-state index in [-0.39, 0.29) is 5.69 Å². The van der Waals surface area contributed by atoms with Gasteiger partial charge in [-0.15, -0.1) is 0 Å². The minimum atomic E-state index is -1.77. The van der Waals surface area contributed by atoms with Gasteiger partial charge in [0.1, 0.15) is 5.69 Å². The van der Waals surface area contributed by atoms with Crippen molar-refractivity contribution < 1.29 is 14.6 Å². The maximum absolute atomic E-state index is 11.6. The molecule has 3 rings (SSSR count). The van der Waals surface area contributed by atoms with E-state index in [9.17, 15) is 9.90 Å². The Bertz CT molecular complexity index is 582. The van der Waals surface area contributed by atoms with Crippen LogP contribution in [0.3, 0.4) is 0 Å². The third-order valence-corrected chi connectivity index (χ3v) is 2.75. The number of carbonyl (C=O) groups excluding carboxylic acids is 1. The highest BCUT2D eigenvalue weighted by molar-refractivity contribution is 5.94. The Balaban J connectivity index is 2.21. The lowest BCUT2D eigenvalue weighted by Crippen LogP contribution is -2.27. The summed E-state index contributed by atoms with van der Waals surface area (Å²) in [5, 5.41) is 10.5. The first-order valence-electron chi connectivity index (χ1n) is 5.18. The van der Waals surface area contributed by atoms with Gasteiger partial charge in [0.2, 0.25) is 0 Å². The minimum Gasteiger partial charge on any atom is -0.419 e. The second-order valence-electron chi connectivity index (χ2n) is 3.80. The van der Waals surface area contributed by atoms with Crippen LogP contribution in [0.25, 0.3) is 0 Å². The second kappa shape index (κ2) is 3.40. The lowest BCUT2D eigenvalue weighted by atomic mass is 10.0. The first kappa shape index (κ1) is 9.99. The molecule has 0 bridgehead atoms. The van der Waals surface area contributed by atoms with Gasteiger partial charge < -0.3 is 9.84 Å². The highest BCUT2D eigenvalue weighted by atomic mass is 16.7. The van der Waals surface area contributed by atoms with E-state index in [4.69, 9.17) is 4.74 Å². The molecule has 17 heavy (non-hydrogen) atoms. The molecule has 1 unspecified atom stereocenters. The van der Waals surface area contributed by atoms with Gasteiger partial charge in [0.05, 0.1) is 5.56 Å². The molecule has 1 aliphatic rings. The van der Waals surface area contributed by atoms with Gasteiger partial charge in [-0.1, -0.05) is 30.3 Å². The molecule has 1 aromatic heterocycles. The number of aromatic nitrogens is 1. The smallest absolute Gasteiger partial charge is 0.343 e. The fourth-order valence-corrected chi connectivity index (χ4v) is 1.94. The van der Waals surface area contributed by atoms with Crippen molar-refractivity contribution in [3.05, 3.63) is 65.5 Å². The zero-order chi connectivity index (χ0) is 11.9. The van der Waals surface area contributed by atoms with Gasteiger partial charge in [-0.25, -0.2) is 4.79 Å². The van der Waals surface area contributed by atoms with Crippen LogP contribution in [-0.2, 0) is 10.5 Å². The van der Waals surface area contributed by atoms with E-state index in [1.807, 2.05) is 6.07 Å². The van der Waals surface area contributed by atoms with Gasteiger partial charge in [-0.2, -0.15) is 0 Å². The highest BCUT2D eigenvalue weighted by Gasteiger charge is 2.46. The SMILES string of the molecule is O=C1OC(O)(c2ccccc2)c2ncccc21. The summed E-state index contributed by atoms with van der Waals surface area (Å²) in [6.07, 6.45) is 1.52. The van der Waals surface area contributed by atoms with Gasteiger partial charge in [0, 0.05) is 11.8 Å². The largest absolute Gasteiger partial charge is 0.419 e. The van der Waals surface area contributed by atoms with E-state index < -0.39 is 11.8 Å². The molecule has 2 heterocycles. The summed E-state index contributed by atoms with van der Waals surface area (Å²) in [7, 11) is 0. The van der Waals surface area contributed by atoms with Crippen molar-refractivity contribution in [3.63, 3.8) is 0 Å². The molecule has 4 nitrogen and oxygen atoms in total. The summed E-state index contributed by atoms with van der Waals surface area (Å²) in [4.78, 5) is 15.7. The number of rotatable bonds is 1. The van der Waals surface area contributed by atoms with Crippen molar-refractivity contribution in [1.29, 1.82) is 0 Å². The predicted molar refractivity (Wildman–Crippen MR) is 59.1 cm³/mol. The lowest BCUT2D eigenvalue weighted by molar-refractivity contribution is -0.131. The Morgan fingerprint density at radius 1 is 1.12 bits per heavy atom. The molecule has 0 saturated carbocycles. The number of hydrogen-bond donors (Lipinski definition) is 1. The zero-order valence-corrected chi connectivity index (χ0v) is 8.83. The molecular weight excluding hydrogens is 218 g/mol. The van der Waals surface area contributed by atoms with Gasteiger partial charge in [0.15, 0.2) is 0 Å². The van der Waals surface area contributed by atoms with E-state index >= 15 is 0 Å². The number of pyridine rings is 1. The maximum Gasteiger partial charge on any atom is 0.343 e. The van der Waals surface area contributed by atoms with Crippen LogP contribution in [0, 0.1) is 0 Å². The summed E-state index contributed by atoms with van der Waals surface area (Å²) < 4.78 is 5.06. The zero-order valence-electron chi connectivity index (χ0n) is 8.83. The molecule has 1 N–H and O–H groups in total. The van der Waals surface area contributed by atoms with E-state index in [0.717, 1.165) is 0 Å². The molecular formula is C13H9NO3. The third kappa shape index (κ3) is 1.34. The van der Waals surface area contributed by atoms with Crippen LogP contribution < -0.4 is 0 Å². The van der Waals surface area contributed by atoms with Gasteiger partial charge in [0.25, 0.3) is 5.79 Å². The fraction of sp³-hybridized carbons (Fsp3) is 0.0769. The molecule has 1 aromatic carbocycles. The Morgan fingerprint density at radius 3 is 2.65 bits per heavy atom. The Hall–Kier alpha value is -2.20. The number of esters is 1. The standard InChI is InChI=1S/C13H9NO3/c15-12-10-7-4-8-14-11(10)13(16,17-12)9-5-2-1-3-6-9/h1-8,16H. The van der Waals surface area contributed by atoms with Crippen molar-refractivity contribution in [3.8, 4) is 0 Å². The number of hydrogen-bond acceptors (Lipinski definition) is 4. The molecule has 1 atom stereocenters. The molecule has 0 saturated heterocycles. The van der Waals surface area contributed by atoms with Crippen LogP contribution in [0.5, 0.6) is 0 Å². The van der Waals surface area contributed by atoms with Crippen LogP contribution in [-0.4, -0.2) is 16.1 Å². The molecule has 0 amide bonds. The minimum absolute atomic E-state index is 0.246. The molecule has 0 fully saturated rings. The quantitative estimate of drug-likeness (QED) is 0.749. The average Bonchev–Trinajstić information content (AvgIpc) is 2.65. The van der Waals surface area contributed by atoms with Crippen molar-refractivity contribution >= 4 is 5.97 Å². The van der Waals surface area contributed by atoms with Crippen molar-refractivity contribution in [2.24, 2.45) is 0 Å². The fourth-order valence-electron chi connectivity index (χ4n) is 1.94. The second-order valence-corrected chi connectivity index (χ2v) is 3.80. The van der Waals surface area contributed by atoms with Crippen LogP contribution >= 0.6 is 0 Å². The number of cyclic esters (lactones) is 1.